The molecule has 0 amide bonds. The smallest absolute Gasteiger partial charge is 0.280 e. The number of carbonyl (C=O) groups excluding carboxylic acids is 1. The highest BCUT2D eigenvalue weighted by Gasteiger charge is 2.23. The SMILES string of the molecule is Cc1ccc2oc(C(=O)c3ccccc3[N+](=O)[O-])cc2c1. The molecule has 0 N–H and O–H groups in total. The van der Waals surface area contributed by atoms with E-state index in [9.17, 15) is 14.9 Å². The number of benzene rings is 2. The van der Waals surface area contributed by atoms with Crippen LogP contribution < -0.4 is 0 Å². The molecule has 0 saturated carbocycles. The molecule has 0 aliphatic rings. The van der Waals surface area contributed by atoms with Crippen molar-refractivity contribution in [2.24, 2.45) is 0 Å². The normalized spacial score (nSPS) is 10.7. The number of ketones is 1. The number of carbonyl (C=O) groups is 1. The lowest BCUT2D eigenvalue weighted by Crippen LogP contribution is -2.04. The number of hydrogen-bond donors (Lipinski definition) is 0. The van der Waals surface area contributed by atoms with Gasteiger partial charge in [0.05, 0.1) is 4.92 Å². The number of fused-ring (bicyclic) bond motifs is 1. The third kappa shape index (κ3) is 2.29. The van der Waals surface area contributed by atoms with Gasteiger partial charge in [0, 0.05) is 11.5 Å². The van der Waals surface area contributed by atoms with Crippen LogP contribution in [0.3, 0.4) is 0 Å². The minimum absolute atomic E-state index is 0.0262. The molecule has 104 valence electrons. The van der Waals surface area contributed by atoms with Crippen LogP contribution in [0.5, 0.6) is 0 Å². The van der Waals surface area contributed by atoms with Crippen molar-refractivity contribution < 1.29 is 14.1 Å². The maximum atomic E-state index is 12.4. The van der Waals surface area contributed by atoms with E-state index in [2.05, 4.69) is 0 Å². The van der Waals surface area contributed by atoms with E-state index in [1.54, 1.807) is 18.2 Å². The molecule has 5 nitrogen and oxygen atoms in total. The molecule has 1 heterocycles. The highest BCUT2D eigenvalue weighted by atomic mass is 16.6. The minimum Gasteiger partial charge on any atom is -0.453 e. The Morgan fingerprint density at radius 2 is 1.90 bits per heavy atom. The van der Waals surface area contributed by atoms with E-state index in [1.807, 2.05) is 19.1 Å². The van der Waals surface area contributed by atoms with E-state index >= 15 is 0 Å². The van der Waals surface area contributed by atoms with Gasteiger partial charge in [-0.1, -0.05) is 23.8 Å². The van der Waals surface area contributed by atoms with Gasteiger partial charge in [-0.2, -0.15) is 0 Å². The molecule has 1 aromatic heterocycles. The quantitative estimate of drug-likeness (QED) is 0.415. The Labute approximate surface area is 120 Å². The van der Waals surface area contributed by atoms with Crippen molar-refractivity contribution in [1.29, 1.82) is 0 Å². The number of para-hydroxylation sites is 1. The first-order valence-corrected chi connectivity index (χ1v) is 6.34. The van der Waals surface area contributed by atoms with Crippen molar-refractivity contribution in [2.75, 3.05) is 0 Å². The van der Waals surface area contributed by atoms with Crippen LogP contribution in [-0.2, 0) is 0 Å². The van der Waals surface area contributed by atoms with Crippen LogP contribution in [0.1, 0.15) is 21.7 Å². The van der Waals surface area contributed by atoms with Gasteiger partial charge in [-0.05, 0) is 31.2 Å². The molecule has 0 radical (unpaired) electrons. The standard InChI is InChI=1S/C16H11NO4/c1-10-6-7-14-11(8-10)9-15(21-14)16(18)12-4-2-3-5-13(12)17(19)20/h2-9H,1H3. The molecule has 2 aromatic carbocycles. The van der Waals surface area contributed by atoms with Crippen LogP contribution in [0.4, 0.5) is 5.69 Å². The van der Waals surface area contributed by atoms with E-state index < -0.39 is 10.7 Å². The molecule has 5 heteroatoms. The summed E-state index contributed by atoms with van der Waals surface area (Å²) in [6.45, 7) is 1.94. The summed E-state index contributed by atoms with van der Waals surface area (Å²) in [5.41, 5.74) is 1.44. The highest BCUT2D eigenvalue weighted by Crippen LogP contribution is 2.26. The Morgan fingerprint density at radius 1 is 1.14 bits per heavy atom. The summed E-state index contributed by atoms with van der Waals surface area (Å²) in [6.07, 6.45) is 0. The van der Waals surface area contributed by atoms with Crippen LogP contribution in [0, 0.1) is 17.0 Å². The maximum Gasteiger partial charge on any atom is 0.280 e. The molecule has 3 aromatic rings. The predicted molar refractivity (Wildman–Crippen MR) is 77.5 cm³/mol. The van der Waals surface area contributed by atoms with Crippen molar-refractivity contribution in [3.8, 4) is 0 Å². The van der Waals surface area contributed by atoms with Gasteiger partial charge in [0.1, 0.15) is 11.1 Å². The van der Waals surface area contributed by atoms with Gasteiger partial charge >= 0.3 is 0 Å². The molecule has 0 atom stereocenters. The van der Waals surface area contributed by atoms with E-state index in [0.29, 0.717) is 5.58 Å². The van der Waals surface area contributed by atoms with Crippen molar-refractivity contribution in [1.82, 2.24) is 0 Å². The number of nitro benzene ring substituents is 1. The fourth-order valence-electron chi connectivity index (χ4n) is 2.23. The molecule has 3 rings (SSSR count). The monoisotopic (exact) mass is 281 g/mol. The van der Waals surface area contributed by atoms with E-state index in [0.717, 1.165) is 10.9 Å². The van der Waals surface area contributed by atoms with E-state index in [-0.39, 0.29) is 17.0 Å². The van der Waals surface area contributed by atoms with Gasteiger partial charge in [-0.25, -0.2) is 0 Å². The second-order valence-corrected chi connectivity index (χ2v) is 4.76. The topological polar surface area (TPSA) is 73.3 Å². The minimum atomic E-state index is -0.569. The first-order valence-electron chi connectivity index (χ1n) is 6.34. The second kappa shape index (κ2) is 4.86. The average Bonchev–Trinajstić information content (AvgIpc) is 2.89. The van der Waals surface area contributed by atoms with Crippen molar-refractivity contribution >= 4 is 22.4 Å². The number of aryl methyl sites for hydroxylation is 1. The zero-order valence-corrected chi connectivity index (χ0v) is 11.2. The molecule has 0 saturated heterocycles. The molecule has 21 heavy (non-hydrogen) atoms. The summed E-state index contributed by atoms with van der Waals surface area (Å²) < 4.78 is 5.50. The number of nitro groups is 1. The third-order valence-corrected chi connectivity index (χ3v) is 3.24. The molecular formula is C16H11NO4. The lowest BCUT2D eigenvalue weighted by molar-refractivity contribution is -0.385. The first-order chi connectivity index (χ1) is 10.1. The summed E-state index contributed by atoms with van der Waals surface area (Å²) in [5, 5.41) is 11.8. The van der Waals surface area contributed by atoms with Crippen LogP contribution in [0.2, 0.25) is 0 Å². The van der Waals surface area contributed by atoms with Gasteiger partial charge in [-0.3, -0.25) is 14.9 Å². The Morgan fingerprint density at radius 3 is 2.67 bits per heavy atom. The fraction of sp³-hybridized carbons (Fsp3) is 0.0625. The number of rotatable bonds is 3. The molecule has 0 fully saturated rings. The Kier molecular flexibility index (Phi) is 3.02. The van der Waals surface area contributed by atoms with Gasteiger partial charge in [0.25, 0.3) is 5.69 Å². The molecule has 0 aliphatic carbocycles. The lowest BCUT2D eigenvalue weighted by atomic mass is 10.1. The fourth-order valence-corrected chi connectivity index (χ4v) is 2.23. The lowest BCUT2D eigenvalue weighted by Gasteiger charge is -1.99. The van der Waals surface area contributed by atoms with E-state index in [1.165, 1.54) is 18.2 Å². The number of furan rings is 1. The van der Waals surface area contributed by atoms with Crippen molar-refractivity contribution in [3.05, 3.63) is 75.5 Å². The third-order valence-electron chi connectivity index (χ3n) is 3.24. The van der Waals surface area contributed by atoms with Crippen LogP contribution in [0.25, 0.3) is 11.0 Å². The van der Waals surface area contributed by atoms with Gasteiger partial charge in [0.2, 0.25) is 5.78 Å². The summed E-state index contributed by atoms with van der Waals surface area (Å²) >= 11 is 0. The molecule has 0 unspecified atom stereocenters. The van der Waals surface area contributed by atoms with Crippen LogP contribution >= 0.6 is 0 Å². The predicted octanol–water partition coefficient (Wildman–Crippen LogP) is 3.88. The second-order valence-electron chi connectivity index (χ2n) is 4.76. The molecule has 0 spiro atoms. The summed E-state index contributed by atoms with van der Waals surface area (Å²) in [4.78, 5) is 22.9. The average molecular weight is 281 g/mol. The largest absolute Gasteiger partial charge is 0.453 e. The molecular weight excluding hydrogens is 270 g/mol. The van der Waals surface area contributed by atoms with Gasteiger partial charge < -0.3 is 4.42 Å². The van der Waals surface area contributed by atoms with Gasteiger partial charge in [0.15, 0.2) is 5.76 Å². The number of nitrogens with zero attached hydrogens (tertiary/aromatic N) is 1. The van der Waals surface area contributed by atoms with Crippen molar-refractivity contribution in [3.63, 3.8) is 0 Å². The molecule has 0 bridgehead atoms. The zero-order chi connectivity index (χ0) is 15.0. The van der Waals surface area contributed by atoms with Crippen LogP contribution in [-0.4, -0.2) is 10.7 Å². The first kappa shape index (κ1) is 13.1. The Balaban J connectivity index is 2.10. The van der Waals surface area contributed by atoms with Crippen LogP contribution in [0.15, 0.2) is 52.9 Å². The Bertz CT molecular complexity index is 864. The number of hydrogen-bond acceptors (Lipinski definition) is 4. The summed E-state index contributed by atoms with van der Waals surface area (Å²) in [5.74, 6) is -0.388. The molecule has 0 aliphatic heterocycles. The van der Waals surface area contributed by atoms with Gasteiger partial charge in [-0.15, -0.1) is 0 Å². The summed E-state index contributed by atoms with van der Waals surface area (Å²) in [7, 11) is 0. The maximum absolute atomic E-state index is 12.4. The Hall–Kier alpha value is -2.95. The zero-order valence-electron chi connectivity index (χ0n) is 11.2. The van der Waals surface area contributed by atoms with Crippen molar-refractivity contribution in [2.45, 2.75) is 6.92 Å². The van der Waals surface area contributed by atoms with E-state index in [4.69, 9.17) is 4.42 Å². The summed E-state index contributed by atoms with van der Waals surface area (Å²) in [6, 6.07) is 13.0. The highest BCUT2D eigenvalue weighted by molar-refractivity contribution is 6.11.